The van der Waals surface area contributed by atoms with Crippen LogP contribution in [-0.4, -0.2) is 48.8 Å². The maximum Gasteiger partial charge on any atom is 0.335 e. The van der Waals surface area contributed by atoms with Gasteiger partial charge in [-0.1, -0.05) is 17.2 Å². The number of aromatic nitrogens is 2. The molecule has 0 saturated carbocycles. The van der Waals surface area contributed by atoms with Gasteiger partial charge in [-0.15, -0.1) is 5.10 Å². The van der Waals surface area contributed by atoms with E-state index in [-0.39, 0.29) is 29.3 Å². The van der Waals surface area contributed by atoms with Crippen LogP contribution < -0.4 is 0 Å². The minimum atomic E-state index is -3.51. The largest absolute Gasteiger partial charge is 0.412 e. The van der Waals surface area contributed by atoms with Crippen molar-refractivity contribution in [3.63, 3.8) is 0 Å². The van der Waals surface area contributed by atoms with Crippen LogP contribution in [0.2, 0.25) is 0 Å². The van der Waals surface area contributed by atoms with Gasteiger partial charge in [0, 0.05) is 25.3 Å². The van der Waals surface area contributed by atoms with Crippen molar-refractivity contribution in [2.45, 2.75) is 30.4 Å². The Bertz CT molecular complexity index is 856. The molecule has 7 nitrogen and oxygen atoms in total. The molecule has 134 valence electrons. The standard InChI is InChI=1S/C16H18FN3O4S/c1-25(22,23)16-19-18-15(24-16)12-6-8-20(9-7-12)14(21)10-11-2-4-13(17)5-3-11/h2-5,12H,6-10H2,1H3. The third-order valence-electron chi connectivity index (χ3n) is 4.20. The molecule has 1 aromatic heterocycles. The Morgan fingerprint density at radius 1 is 1.24 bits per heavy atom. The van der Waals surface area contributed by atoms with Gasteiger partial charge in [-0.05, 0) is 30.5 Å². The Labute approximate surface area is 144 Å². The number of carbonyl (C=O) groups excluding carboxylic acids is 1. The predicted octanol–water partition coefficient (Wildman–Crippen LogP) is 1.56. The number of hydrogen-bond donors (Lipinski definition) is 0. The molecule has 1 amide bonds. The summed E-state index contributed by atoms with van der Waals surface area (Å²) in [4.78, 5) is 14.1. The third kappa shape index (κ3) is 4.22. The van der Waals surface area contributed by atoms with E-state index in [2.05, 4.69) is 10.2 Å². The summed E-state index contributed by atoms with van der Waals surface area (Å²) in [6, 6.07) is 5.88. The Morgan fingerprint density at radius 2 is 1.88 bits per heavy atom. The number of piperidine rings is 1. The molecule has 1 aliphatic rings. The summed E-state index contributed by atoms with van der Waals surface area (Å²) in [5.74, 6) is -0.110. The SMILES string of the molecule is CS(=O)(=O)c1nnc(C2CCN(C(=O)Cc3ccc(F)cc3)CC2)o1. The highest BCUT2D eigenvalue weighted by atomic mass is 32.2. The second kappa shape index (κ2) is 6.91. The highest BCUT2D eigenvalue weighted by molar-refractivity contribution is 7.90. The molecule has 25 heavy (non-hydrogen) atoms. The minimum absolute atomic E-state index is 0.0209. The Hall–Kier alpha value is -2.29. The second-order valence-corrected chi connectivity index (χ2v) is 8.03. The maximum absolute atomic E-state index is 12.9. The summed E-state index contributed by atoms with van der Waals surface area (Å²) in [5, 5.41) is 7.00. The molecule has 0 bridgehead atoms. The lowest BCUT2D eigenvalue weighted by Gasteiger charge is -2.30. The zero-order valence-corrected chi connectivity index (χ0v) is 14.5. The Morgan fingerprint density at radius 3 is 2.44 bits per heavy atom. The van der Waals surface area contributed by atoms with Crippen molar-refractivity contribution >= 4 is 15.7 Å². The molecule has 1 saturated heterocycles. The lowest BCUT2D eigenvalue weighted by molar-refractivity contribution is -0.131. The van der Waals surface area contributed by atoms with Gasteiger partial charge < -0.3 is 9.32 Å². The van der Waals surface area contributed by atoms with Gasteiger partial charge in [0.2, 0.25) is 21.6 Å². The van der Waals surface area contributed by atoms with E-state index in [9.17, 15) is 17.6 Å². The molecule has 1 aliphatic heterocycles. The number of rotatable bonds is 4. The van der Waals surface area contributed by atoms with Gasteiger partial charge in [0.1, 0.15) is 5.82 Å². The first kappa shape index (κ1) is 17.5. The van der Waals surface area contributed by atoms with E-state index in [1.165, 1.54) is 12.1 Å². The monoisotopic (exact) mass is 367 g/mol. The van der Waals surface area contributed by atoms with Gasteiger partial charge in [0.15, 0.2) is 0 Å². The van der Waals surface area contributed by atoms with Gasteiger partial charge in [-0.3, -0.25) is 4.79 Å². The van der Waals surface area contributed by atoms with Crippen LogP contribution in [0.4, 0.5) is 4.39 Å². The maximum atomic E-state index is 12.9. The highest BCUT2D eigenvalue weighted by Crippen LogP contribution is 2.28. The van der Waals surface area contributed by atoms with E-state index in [0.717, 1.165) is 11.8 Å². The average molecular weight is 367 g/mol. The molecule has 0 spiro atoms. The average Bonchev–Trinajstić information content (AvgIpc) is 3.07. The van der Waals surface area contributed by atoms with E-state index in [0.29, 0.717) is 31.8 Å². The number of benzene rings is 1. The van der Waals surface area contributed by atoms with Gasteiger partial charge in [-0.25, -0.2) is 12.8 Å². The molecule has 0 atom stereocenters. The number of halogens is 1. The van der Waals surface area contributed by atoms with Crippen LogP contribution >= 0.6 is 0 Å². The van der Waals surface area contributed by atoms with Crippen LogP contribution in [0.25, 0.3) is 0 Å². The van der Waals surface area contributed by atoms with Crippen LogP contribution in [0.3, 0.4) is 0 Å². The third-order valence-corrected chi connectivity index (χ3v) is 5.00. The molecular formula is C16H18FN3O4S. The van der Waals surface area contributed by atoms with E-state index in [1.807, 2.05) is 0 Å². The second-order valence-electron chi connectivity index (χ2n) is 6.14. The lowest BCUT2D eigenvalue weighted by Crippen LogP contribution is -2.38. The van der Waals surface area contributed by atoms with Crippen LogP contribution in [0.1, 0.15) is 30.2 Å². The van der Waals surface area contributed by atoms with Crippen molar-refractivity contribution in [3.8, 4) is 0 Å². The lowest BCUT2D eigenvalue weighted by atomic mass is 9.96. The van der Waals surface area contributed by atoms with Crippen LogP contribution in [-0.2, 0) is 21.1 Å². The molecule has 0 radical (unpaired) electrons. The fraction of sp³-hybridized carbons (Fsp3) is 0.438. The molecule has 3 rings (SSSR count). The summed E-state index contributed by atoms with van der Waals surface area (Å²) in [6.07, 6.45) is 2.49. The smallest absolute Gasteiger partial charge is 0.335 e. The van der Waals surface area contributed by atoms with Crippen LogP contribution in [0, 0.1) is 5.82 Å². The van der Waals surface area contributed by atoms with Crippen LogP contribution in [0.15, 0.2) is 33.9 Å². The van der Waals surface area contributed by atoms with E-state index in [1.54, 1.807) is 17.0 Å². The number of hydrogen-bond acceptors (Lipinski definition) is 6. The Kier molecular flexibility index (Phi) is 4.85. The molecule has 1 aromatic carbocycles. The fourth-order valence-corrected chi connectivity index (χ4v) is 3.23. The number of amides is 1. The van der Waals surface area contributed by atoms with Gasteiger partial charge in [0.05, 0.1) is 6.42 Å². The molecule has 2 heterocycles. The van der Waals surface area contributed by atoms with Gasteiger partial charge >= 0.3 is 5.22 Å². The van der Waals surface area contributed by atoms with Crippen LogP contribution in [0.5, 0.6) is 0 Å². The molecule has 1 fully saturated rings. The normalized spacial score (nSPS) is 16.2. The Balaban J connectivity index is 1.57. The molecule has 2 aromatic rings. The molecule has 9 heteroatoms. The minimum Gasteiger partial charge on any atom is -0.412 e. The van der Waals surface area contributed by atoms with E-state index < -0.39 is 9.84 Å². The summed E-state index contributed by atoms with van der Waals surface area (Å²) in [5.41, 5.74) is 0.767. The summed E-state index contributed by atoms with van der Waals surface area (Å²) >= 11 is 0. The van der Waals surface area contributed by atoms with E-state index in [4.69, 9.17) is 4.42 Å². The summed E-state index contributed by atoms with van der Waals surface area (Å²) < 4.78 is 40.9. The molecular weight excluding hydrogens is 349 g/mol. The predicted molar refractivity (Wildman–Crippen MR) is 86.1 cm³/mol. The number of carbonyl (C=O) groups is 1. The van der Waals surface area contributed by atoms with Gasteiger partial charge in [0.25, 0.3) is 0 Å². The molecule has 0 aliphatic carbocycles. The topological polar surface area (TPSA) is 93.4 Å². The number of likely N-dealkylation sites (tertiary alicyclic amines) is 1. The van der Waals surface area contributed by atoms with Gasteiger partial charge in [-0.2, -0.15) is 0 Å². The zero-order valence-electron chi connectivity index (χ0n) is 13.7. The number of sulfone groups is 1. The van der Waals surface area contributed by atoms with Crippen molar-refractivity contribution in [2.24, 2.45) is 0 Å². The van der Waals surface area contributed by atoms with Crippen molar-refractivity contribution in [1.29, 1.82) is 0 Å². The van der Waals surface area contributed by atoms with Crippen molar-refractivity contribution in [2.75, 3.05) is 19.3 Å². The highest BCUT2D eigenvalue weighted by Gasteiger charge is 2.28. The summed E-state index contributed by atoms with van der Waals surface area (Å²) in [7, 11) is -3.51. The quantitative estimate of drug-likeness (QED) is 0.814. The van der Waals surface area contributed by atoms with Crippen molar-refractivity contribution in [3.05, 3.63) is 41.5 Å². The molecule has 0 N–H and O–H groups in total. The first-order chi connectivity index (χ1) is 11.8. The van der Waals surface area contributed by atoms with Crippen molar-refractivity contribution < 1.29 is 22.0 Å². The first-order valence-electron chi connectivity index (χ1n) is 7.88. The van der Waals surface area contributed by atoms with E-state index >= 15 is 0 Å². The summed E-state index contributed by atoms with van der Waals surface area (Å²) in [6.45, 7) is 1.06. The first-order valence-corrected chi connectivity index (χ1v) is 9.78. The van der Waals surface area contributed by atoms with Crippen molar-refractivity contribution in [1.82, 2.24) is 15.1 Å². The zero-order chi connectivity index (χ0) is 18.0. The fourth-order valence-electron chi connectivity index (χ4n) is 2.80. The number of nitrogens with zero attached hydrogens (tertiary/aromatic N) is 3. The molecule has 0 unspecified atom stereocenters.